The number of para-hydroxylation sites is 1. The summed E-state index contributed by atoms with van der Waals surface area (Å²) in [5.74, 6) is 0.971. The Bertz CT molecular complexity index is 628. The molecule has 6 nitrogen and oxygen atoms in total. The van der Waals surface area contributed by atoms with Crippen LogP contribution in [0.2, 0.25) is 0 Å². The highest BCUT2D eigenvalue weighted by molar-refractivity contribution is 5.93. The molecule has 0 fully saturated rings. The SMILES string of the molecule is Cc1nc(Nc2ccccc2)cc(C(=O)NCCN(C)C)n1. The number of hydrogen-bond donors (Lipinski definition) is 2. The van der Waals surface area contributed by atoms with Crippen LogP contribution in [0.15, 0.2) is 36.4 Å². The Kier molecular flexibility index (Phi) is 5.43. The molecule has 0 unspecified atom stereocenters. The molecule has 0 bridgehead atoms. The van der Waals surface area contributed by atoms with Gasteiger partial charge in [0.1, 0.15) is 17.3 Å². The highest BCUT2D eigenvalue weighted by Gasteiger charge is 2.10. The van der Waals surface area contributed by atoms with Crippen LogP contribution in [0.1, 0.15) is 16.3 Å². The van der Waals surface area contributed by atoms with Gasteiger partial charge in [0.05, 0.1) is 0 Å². The van der Waals surface area contributed by atoms with Crippen molar-refractivity contribution >= 4 is 17.4 Å². The normalized spacial score (nSPS) is 10.5. The zero-order chi connectivity index (χ0) is 15.9. The van der Waals surface area contributed by atoms with Gasteiger partial charge in [-0.3, -0.25) is 4.79 Å². The zero-order valence-electron chi connectivity index (χ0n) is 13.1. The van der Waals surface area contributed by atoms with Crippen molar-refractivity contribution in [2.24, 2.45) is 0 Å². The van der Waals surface area contributed by atoms with E-state index >= 15 is 0 Å². The van der Waals surface area contributed by atoms with E-state index in [0.717, 1.165) is 12.2 Å². The second kappa shape index (κ2) is 7.51. The van der Waals surface area contributed by atoms with Gasteiger partial charge in [0.2, 0.25) is 0 Å². The first-order valence-electron chi connectivity index (χ1n) is 7.15. The van der Waals surface area contributed by atoms with Crippen LogP contribution in [-0.2, 0) is 0 Å². The second-order valence-electron chi connectivity index (χ2n) is 5.24. The number of aromatic nitrogens is 2. The van der Waals surface area contributed by atoms with Crippen LogP contribution in [0, 0.1) is 6.92 Å². The number of aryl methyl sites for hydroxylation is 1. The number of rotatable bonds is 6. The summed E-state index contributed by atoms with van der Waals surface area (Å²) in [4.78, 5) is 22.6. The van der Waals surface area contributed by atoms with E-state index < -0.39 is 0 Å². The van der Waals surface area contributed by atoms with E-state index in [1.807, 2.05) is 49.3 Å². The molecule has 22 heavy (non-hydrogen) atoms. The van der Waals surface area contributed by atoms with Crippen molar-refractivity contribution < 1.29 is 4.79 Å². The van der Waals surface area contributed by atoms with Gasteiger partial charge in [0.15, 0.2) is 0 Å². The minimum atomic E-state index is -0.191. The number of carbonyl (C=O) groups excluding carboxylic acids is 1. The molecule has 1 amide bonds. The van der Waals surface area contributed by atoms with Crippen LogP contribution in [-0.4, -0.2) is 48.0 Å². The van der Waals surface area contributed by atoms with Gasteiger partial charge in [0.25, 0.3) is 5.91 Å². The second-order valence-corrected chi connectivity index (χ2v) is 5.24. The van der Waals surface area contributed by atoms with Crippen LogP contribution in [0.5, 0.6) is 0 Å². The van der Waals surface area contributed by atoms with Gasteiger partial charge in [-0.05, 0) is 33.2 Å². The van der Waals surface area contributed by atoms with E-state index in [1.165, 1.54) is 0 Å². The maximum atomic E-state index is 12.1. The molecule has 0 radical (unpaired) electrons. The number of carbonyl (C=O) groups is 1. The van der Waals surface area contributed by atoms with Crippen LogP contribution in [0.4, 0.5) is 11.5 Å². The Hall–Kier alpha value is -2.47. The van der Waals surface area contributed by atoms with E-state index in [9.17, 15) is 4.79 Å². The highest BCUT2D eigenvalue weighted by atomic mass is 16.1. The first-order valence-corrected chi connectivity index (χ1v) is 7.15. The fourth-order valence-electron chi connectivity index (χ4n) is 1.90. The fraction of sp³-hybridized carbons (Fsp3) is 0.312. The van der Waals surface area contributed by atoms with Gasteiger partial charge in [-0.2, -0.15) is 0 Å². The Balaban J connectivity index is 2.07. The monoisotopic (exact) mass is 299 g/mol. The van der Waals surface area contributed by atoms with Gasteiger partial charge in [-0.15, -0.1) is 0 Å². The smallest absolute Gasteiger partial charge is 0.270 e. The molecule has 0 saturated carbocycles. The average molecular weight is 299 g/mol. The Labute approximate surface area is 130 Å². The Morgan fingerprint density at radius 2 is 1.91 bits per heavy atom. The summed E-state index contributed by atoms with van der Waals surface area (Å²) < 4.78 is 0. The minimum Gasteiger partial charge on any atom is -0.349 e. The third kappa shape index (κ3) is 4.82. The number of likely N-dealkylation sites (N-methyl/N-ethyl adjacent to an activating group) is 1. The van der Waals surface area contributed by atoms with Crippen molar-refractivity contribution in [2.75, 3.05) is 32.5 Å². The number of nitrogens with zero attached hydrogens (tertiary/aromatic N) is 3. The molecule has 2 rings (SSSR count). The summed E-state index contributed by atoms with van der Waals surface area (Å²) in [5, 5.41) is 6.02. The van der Waals surface area contributed by atoms with Crippen molar-refractivity contribution in [1.29, 1.82) is 0 Å². The molecule has 0 saturated heterocycles. The molecule has 1 aromatic carbocycles. The lowest BCUT2D eigenvalue weighted by Crippen LogP contribution is -2.32. The lowest BCUT2D eigenvalue weighted by molar-refractivity contribution is 0.0945. The van der Waals surface area contributed by atoms with E-state index in [0.29, 0.717) is 23.9 Å². The summed E-state index contributed by atoms with van der Waals surface area (Å²) in [6.07, 6.45) is 0. The molecule has 0 spiro atoms. The zero-order valence-corrected chi connectivity index (χ0v) is 13.1. The summed E-state index contributed by atoms with van der Waals surface area (Å²) in [5.41, 5.74) is 1.28. The highest BCUT2D eigenvalue weighted by Crippen LogP contribution is 2.14. The Morgan fingerprint density at radius 3 is 2.59 bits per heavy atom. The molecule has 0 aliphatic rings. The standard InChI is InChI=1S/C16H21N5O/c1-12-18-14(16(22)17-9-10-21(2)3)11-15(19-12)20-13-7-5-4-6-8-13/h4-8,11H,9-10H2,1-3H3,(H,17,22)(H,18,19,20). The van der Waals surface area contributed by atoms with E-state index in [-0.39, 0.29) is 5.91 Å². The van der Waals surface area contributed by atoms with Crippen LogP contribution in [0.25, 0.3) is 0 Å². The van der Waals surface area contributed by atoms with E-state index in [1.54, 1.807) is 13.0 Å². The average Bonchev–Trinajstić information content (AvgIpc) is 2.47. The molecule has 1 aromatic heterocycles. The number of nitrogens with one attached hydrogen (secondary N) is 2. The molecule has 6 heteroatoms. The van der Waals surface area contributed by atoms with Crippen LogP contribution in [0.3, 0.4) is 0 Å². The molecular formula is C16H21N5O. The van der Waals surface area contributed by atoms with Crippen molar-refractivity contribution in [2.45, 2.75) is 6.92 Å². The van der Waals surface area contributed by atoms with Gasteiger partial charge >= 0.3 is 0 Å². The predicted molar refractivity (Wildman–Crippen MR) is 87.4 cm³/mol. The van der Waals surface area contributed by atoms with Crippen molar-refractivity contribution in [3.8, 4) is 0 Å². The minimum absolute atomic E-state index is 0.191. The summed E-state index contributed by atoms with van der Waals surface area (Å²) in [6, 6.07) is 11.4. The number of benzene rings is 1. The quantitative estimate of drug-likeness (QED) is 0.851. The topological polar surface area (TPSA) is 70.2 Å². The lowest BCUT2D eigenvalue weighted by Gasteiger charge is -2.11. The molecular weight excluding hydrogens is 278 g/mol. The Morgan fingerprint density at radius 1 is 1.18 bits per heavy atom. The molecule has 0 aliphatic heterocycles. The van der Waals surface area contributed by atoms with Gasteiger partial charge in [0, 0.05) is 24.8 Å². The van der Waals surface area contributed by atoms with Gasteiger partial charge in [-0.25, -0.2) is 9.97 Å². The molecule has 2 N–H and O–H groups in total. The fourth-order valence-corrected chi connectivity index (χ4v) is 1.90. The summed E-state index contributed by atoms with van der Waals surface area (Å²) in [7, 11) is 3.92. The molecule has 1 heterocycles. The maximum Gasteiger partial charge on any atom is 0.270 e. The first-order chi connectivity index (χ1) is 10.5. The summed E-state index contributed by atoms with van der Waals surface area (Å²) >= 11 is 0. The molecule has 0 aliphatic carbocycles. The lowest BCUT2D eigenvalue weighted by atomic mass is 10.3. The summed E-state index contributed by atoms with van der Waals surface area (Å²) in [6.45, 7) is 3.13. The third-order valence-corrected chi connectivity index (χ3v) is 2.96. The number of anilines is 2. The van der Waals surface area contributed by atoms with E-state index in [2.05, 4.69) is 20.6 Å². The van der Waals surface area contributed by atoms with Gasteiger partial charge < -0.3 is 15.5 Å². The first kappa shape index (κ1) is 15.9. The third-order valence-electron chi connectivity index (χ3n) is 2.96. The van der Waals surface area contributed by atoms with E-state index in [4.69, 9.17) is 0 Å². The number of hydrogen-bond acceptors (Lipinski definition) is 5. The van der Waals surface area contributed by atoms with Crippen molar-refractivity contribution in [3.05, 3.63) is 47.9 Å². The van der Waals surface area contributed by atoms with Gasteiger partial charge in [-0.1, -0.05) is 18.2 Å². The van der Waals surface area contributed by atoms with Crippen molar-refractivity contribution in [1.82, 2.24) is 20.2 Å². The molecule has 2 aromatic rings. The maximum absolute atomic E-state index is 12.1. The number of amides is 1. The largest absolute Gasteiger partial charge is 0.349 e. The van der Waals surface area contributed by atoms with Crippen LogP contribution < -0.4 is 10.6 Å². The van der Waals surface area contributed by atoms with Crippen molar-refractivity contribution in [3.63, 3.8) is 0 Å². The molecule has 116 valence electrons. The van der Waals surface area contributed by atoms with Crippen LogP contribution >= 0.6 is 0 Å². The predicted octanol–water partition coefficient (Wildman–Crippen LogP) is 1.82. The molecule has 0 atom stereocenters.